The highest BCUT2D eigenvalue weighted by Crippen LogP contribution is 2.35. The summed E-state index contributed by atoms with van der Waals surface area (Å²) in [6, 6.07) is 1.93. The van der Waals surface area contributed by atoms with Crippen LogP contribution in [0, 0.1) is 0 Å². The van der Waals surface area contributed by atoms with Gasteiger partial charge in [-0.2, -0.15) is 5.10 Å². The van der Waals surface area contributed by atoms with E-state index in [0.29, 0.717) is 0 Å². The smallest absolute Gasteiger partial charge is 0.132 e. The minimum Gasteiger partial charge on any atom is -0.381 e. The van der Waals surface area contributed by atoms with Gasteiger partial charge in [-0.25, -0.2) is 0 Å². The zero-order chi connectivity index (χ0) is 11.7. The van der Waals surface area contributed by atoms with Gasteiger partial charge in [-0.15, -0.1) is 11.3 Å². The first-order valence-corrected chi connectivity index (χ1v) is 7.23. The average Bonchev–Trinajstić information content (AvgIpc) is 2.83. The fourth-order valence-electron chi connectivity index (χ4n) is 1.52. The SMILES string of the molecule is CCn1ncc(Br)c1C(O)c1sccc1Br. The third-order valence-corrected chi connectivity index (χ3v) is 4.82. The molecule has 1 atom stereocenters. The van der Waals surface area contributed by atoms with Crippen LogP contribution in [0.25, 0.3) is 0 Å². The second kappa shape index (κ2) is 5.00. The molecule has 0 aliphatic rings. The molecule has 6 heteroatoms. The van der Waals surface area contributed by atoms with Gasteiger partial charge in [0.1, 0.15) is 6.10 Å². The van der Waals surface area contributed by atoms with Gasteiger partial charge in [0, 0.05) is 11.0 Å². The lowest BCUT2D eigenvalue weighted by Gasteiger charge is -2.12. The normalized spacial score (nSPS) is 13.0. The van der Waals surface area contributed by atoms with Crippen molar-refractivity contribution < 1.29 is 5.11 Å². The fourth-order valence-corrected chi connectivity index (χ4v) is 3.61. The average molecular weight is 366 g/mol. The molecule has 1 unspecified atom stereocenters. The highest BCUT2D eigenvalue weighted by molar-refractivity contribution is 9.10. The molecule has 0 fully saturated rings. The van der Waals surface area contributed by atoms with Crippen molar-refractivity contribution in [3.05, 3.63) is 37.2 Å². The van der Waals surface area contributed by atoms with Crippen LogP contribution in [0.4, 0.5) is 0 Å². The van der Waals surface area contributed by atoms with Crippen LogP contribution >= 0.6 is 43.2 Å². The third kappa shape index (κ3) is 2.11. The molecule has 0 amide bonds. The summed E-state index contributed by atoms with van der Waals surface area (Å²) in [5, 5.41) is 16.5. The number of thiophene rings is 1. The van der Waals surface area contributed by atoms with Crippen molar-refractivity contribution in [1.29, 1.82) is 0 Å². The zero-order valence-corrected chi connectivity index (χ0v) is 12.5. The van der Waals surface area contributed by atoms with E-state index in [0.717, 1.165) is 26.1 Å². The Bertz CT molecular complexity index is 495. The zero-order valence-electron chi connectivity index (χ0n) is 8.52. The number of aliphatic hydroxyl groups is 1. The Morgan fingerprint density at radius 3 is 2.81 bits per heavy atom. The Kier molecular flexibility index (Phi) is 3.84. The van der Waals surface area contributed by atoms with Crippen molar-refractivity contribution in [3.63, 3.8) is 0 Å². The van der Waals surface area contributed by atoms with Crippen molar-refractivity contribution in [3.8, 4) is 0 Å². The van der Waals surface area contributed by atoms with Gasteiger partial charge < -0.3 is 5.11 Å². The van der Waals surface area contributed by atoms with Crippen molar-refractivity contribution in [2.75, 3.05) is 0 Å². The molecule has 3 nitrogen and oxygen atoms in total. The molecule has 0 aliphatic heterocycles. The van der Waals surface area contributed by atoms with Crippen LogP contribution in [-0.2, 0) is 6.54 Å². The van der Waals surface area contributed by atoms with E-state index >= 15 is 0 Å². The van der Waals surface area contributed by atoms with Gasteiger partial charge in [0.05, 0.1) is 21.2 Å². The van der Waals surface area contributed by atoms with E-state index in [1.807, 2.05) is 18.4 Å². The Morgan fingerprint density at radius 1 is 1.50 bits per heavy atom. The van der Waals surface area contributed by atoms with Crippen molar-refractivity contribution in [2.24, 2.45) is 0 Å². The summed E-state index contributed by atoms with van der Waals surface area (Å²) in [5.74, 6) is 0. The van der Waals surface area contributed by atoms with Crippen LogP contribution in [-0.4, -0.2) is 14.9 Å². The molecule has 2 aromatic rings. The second-order valence-corrected chi connectivity index (χ2v) is 5.89. The molecule has 0 spiro atoms. The topological polar surface area (TPSA) is 38.0 Å². The predicted octanol–water partition coefficient (Wildman–Crippen LogP) is 3.57. The minimum absolute atomic E-state index is 0.647. The van der Waals surface area contributed by atoms with E-state index in [4.69, 9.17) is 0 Å². The van der Waals surface area contributed by atoms with Crippen LogP contribution in [0.15, 0.2) is 26.6 Å². The largest absolute Gasteiger partial charge is 0.381 e. The maximum Gasteiger partial charge on any atom is 0.132 e. The van der Waals surface area contributed by atoms with Gasteiger partial charge in [0.15, 0.2) is 0 Å². The minimum atomic E-state index is -0.647. The number of hydrogen-bond donors (Lipinski definition) is 1. The van der Waals surface area contributed by atoms with Gasteiger partial charge in [-0.1, -0.05) is 0 Å². The Hall–Kier alpha value is -0.170. The molecule has 0 saturated carbocycles. The number of aryl methyl sites for hydroxylation is 1. The van der Waals surface area contributed by atoms with Crippen molar-refractivity contribution >= 4 is 43.2 Å². The second-order valence-electron chi connectivity index (χ2n) is 3.23. The molecule has 2 heterocycles. The van der Waals surface area contributed by atoms with Gasteiger partial charge in [0.25, 0.3) is 0 Å². The van der Waals surface area contributed by atoms with E-state index in [9.17, 15) is 5.11 Å². The maximum absolute atomic E-state index is 10.3. The van der Waals surface area contributed by atoms with Crippen LogP contribution in [0.2, 0.25) is 0 Å². The summed E-state index contributed by atoms with van der Waals surface area (Å²) in [5.41, 5.74) is 0.797. The summed E-state index contributed by atoms with van der Waals surface area (Å²) in [4.78, 5) is 0.899. The van der Waals surface area contributed by atoms with Gasteiger partial charge in [0.2, 0.25) is 0 Å². The standard InChI is InChI=1S/C10H10Br2N2OS/c1-2-14-8(7(12)5-13-14)9(15)10-6(11)3-4-16-10/h3-5,9,15H,2H2,1H3. The first-order valence-electron chi connectivity index (χ1n) is 4.77. The van der Waals surface area contributed by atoms with E-state index in [2.05, 4.69) is 37.0 Å². The third-order valence-electron chi connectivity index (χ3n) is 2.28. The lowest BCUT2D eigenvalue weighted by molar-refractivity contribution is 0.210. The van der Waals surface area contributed by atoms with Crippen LogP contribution in [0.3, 0.4) is 0 Å². The fraction of sp³-hybridized carbons (Fsp3) is 0.300. The summed E-state index contributed by atoms with van der Waals surface area (Å²) in [6.07, 6.45) is 1.06. The first kappa shape index (κ1) is 12.3. The Morgan fingerprint density at radius 2 is 2.25 bits per heavy atom. The Labute approximate surface area is 114 Å². The highest BCUT2D eigenvalue weighted by Gasteiger charge is 2.21. The van der Waals surface area contributed by atoms with Crippen LogP contribution < -0.4 is 0 Å². The number of aliphatic hydroxyl groups excluding tert-OH is 1. The predicted molar refractivity (Wildman–Crippen MR) is 71.7 cm³/mol. The molecule has 2 rings (SSSR count). The molecule has 0 bridgehead atoms. The first-order chi connectivity index (χ1) is 7.65. The summed E-state index contributed by atoms with van der Waals surface area (Å²) in [7, 11) is 0. The molecule has 86 valence electrons. The molecule has 2 aromatic heterocycles. The molecule has 0 saturated heterocycles. The summed E-state index contributed by atoms with van der Waals surface area (Å²) in [6.45, 7) is 2.74. The van der Waals surface area contributed by atoms with E-state index in [1.165, 1.54) is 11.3 Å². The summed E-state index contributed by atoms with van der Waals surface area (Å²) < 4.78 is 3.56. The quantitative estimate of drug-likeness (QED) is 0.902. The van der Waals surface area contributed by atoms with E-state index in [1.54, 1.807) is 10.9 Å². The lowest BCUT2D eigenvalue weighted by atomic mass is 10.2. The number of nitrogens with zero attached hydrogens (tertiary/aromatic N) is 2. The van der Waals surface area contributed by atoms with E-state index < -0.39 is 6.10 Å². The van der Waals surface area contributed by atoms with Crippen molar-refractivity contribution in [1.82, 2.24) is 9.78 Å². The van der Waals surface area contributed by atoms with Gasteiger partial charge >= 0.3 is 0 Å². The molecule has 0 aliphatic carbocycles. The van der Waals surface area contributed by atoms with Gasteiger partial charge in [-0.05, 0) is 50.2 Å². The van der Waals surface area contributed by atoms with Crippen molar-refractivity contribution in [2.45, 2.75) is 19.6 Å². The van der Waals surface area contributed by atoms with Gasteiger partial charge in [-0.3, -0.25) is 4.68 Å². The lowest BCUT2D eigenvalue weighted by Crippen LogP contribution is -2.08. The monoisotopic (exact) mass is 364 g/mol. The summed E-state index contributed by atoms with van der Waals surface area (Å²) >= 11 is 8.37. The van der Waals surface area contributed by atoms with E-state index in [-0.39, 0.29) is 0 Å². The molecule has 0 radical (unpaired) electrons. The molecular formula is C10H10Br2N2OS. The molecular weight excluding hydrogens is 356 g/mol. The number of rotatable bonds is 3. The molecule has 1 N–H and O–H groups in total. The molecule has 16 heavy (non-hydrogen) atoms. The molecule has 0 aromatic carbocycles. The number of halogens is 2. The van der Waals surface area contributed by atoms with Crippen LogP contribution in [0.5, 0.6) is 0 Å². The highest BCUT2D eigenvalue weighted by atomic mass is 79.9. The Balaban J connectivity index is 2.44. The number of hydrogen-bond acceptors (Lipinski definition) is 3. The number of aromatic nitrogens is 2. The van der Waals surface area contributed by atoms with Crippen LogP contribution in [0.1, 0.15) is 23.6 Å². The maximum atomic E-state index is 10.3.